The molecule has 0 spiro atoms. The number of aromatic nitrogens is 1. The Balaban J connectivity index is 1.77. The van der Waals surface area contributed by atoms with E-state index in [1.54, 1.807) is 6.20 Å². The Morgan fingerprint density at radius 3 is 2.55 bits per heavy atom. The molecule has 0 aliphatic carbocycles. The molecule has 4 heteroatoms. The van der Waals surface area contributed by atoms with Gasteiger partial charge in [0, 0.05) is 32.0 Å². The van der Waals surface area contributed by atoms with Crippen LogP contribution in [0, 0.1) is 0 Å². The highest BCUT2D eigenvalue weighted by Gasteiger charge is 1.98. The molecule has 2 N–H and O–H groups in total. The second kappa shape index (κ2) is 9.55. The van der Waals surface area contributed by atoms with E-state index in [4.69, 9.17) is 0 Å². The Morgan fingerprint density at radius 2 is 1.82 bits per heavy atom. The summed E-state index contributed by atoms with van der Waals surface area (Å²) in [6, 6.07) is 14.5. The molecule has 0 fully saturated rings. The molecular weight excluding hydrogens is 272 g/mol. The van der Waals surface area contributed by atoms with Crippen molar-refractivity contribution in [2.45, 2.75) is 19.8 Å². The molecule has 1 aromatic heterocycles. The van der Waals surface area contributed by atoms with Gasteiger partial charge in [0.15, 0.2) is 5.96 Å². The average molecular weight is 296 g/mol. The van der Waals surface area contributed by atoms with E-state index in [0.717, 1.165) is 38.4 Å². The number of rotatable bonds is 7. The van der Waals surface area contributed by atoms with Gasteiger partial charge >= 0.3 is 0 Å². The standard InChI is InChI=1S/C18H24N4/c1-2-20-18(21-13-10-16-7-4-3-5-8-16)22-14-11-17-9-6-12-19-15-17/h3-9,12,15H,2,10-11,13-14H2,1H3,(H2,20,21,22). The molecule has 2 rings (SSSR count). The fourth-order valence-corrected chi connectivity index (χ4v) is 2.15. The first-order chi connectivity index (χ1) is 10.9. The van der Waals surface area contributed by atoms with Gasteiger partial charge in [-0.05, 0) is 37.0 Å². The third-order valence-corrected chi connectivity index (χ3v) is 3.29. The third kappa shape index (κ3) is 5.95. The van der Waals surface area contributed by atoms with E-state index in [2.05, 4.69) is 57.9 Å². The van der Waals surface area contributed by atoms with E-state index in [1.807, 2.05) is 18.3 Å². The Labute approximate surface area is 132 Å². The van der Waals surface area contributed by atoms with Crippen molar-refractivity contribution in [2.24, 2.45) is 4.99 Å². The number of nitrogens with one attached hydrogen (secondary N) is 2. The van der Waals surface area contributed by atoms with Crippen molar-refractivity contribution < 1.29 is 0 Å². The van der Waals surface area contributed by atoms with Gasteiger partial charge in [-0.15, -0.1) is 0 Å². The summed E-state index contributed by atoms with van der Waals surface area (Å²) in [5.41, 5.74) is 2.55. The van der Waals surface area contributed by atoms with Crippen molar-refractivity contribution in [1.29, 1.82) is 0 Å². The Bertz CT molecular complexity index is 552. The van der Waals surface area contributed by atoms with Crippen LogP contribution in [0.2, 0.25) is 0 Å². The number of benzene rings is 1. The van der Waals surface area contributed by atoms with Crippen LogP contribution in [-0.4, -0.2) is 30.6 Å². The molecule has 0 bridgehead atoms. The lowest BCUT2D eigenvalue weighted by Crippen LogP contribution is -2.38. The molecule has 0 atom stereocenters. The number of hydrogen-bond acceptors (Lipinski definition) is 2. The molecule has 0 amide bonds. The predicted octanol–water partition coefficient (Wildman–Crippen LogP) is 2.42. The van der Waals surface area contributed by atoms with E-state index in [1.165, 1.54) is 11.1 Å². The Kier molecular flexibility index (Phi) is 6.96. The monoisotopic (exact) mass is 296 g/mol. The van der Waals surface area contributed by atoms with E-state index in [9.17, 15) is 0 Å². The molecule has 0 radical (unpaired) electrons. The zero-order valence-corrected chi connectivity index (χ0v) is 13.1. The number of hydrogen-bond donors (Lipinski definition) is 2. The lowest BCUT2D eigenvalue weighted by Gasteiger charge is -2.11. The molecule has 1 aromatic carbocycles. The zero-order valence-electron chi connectivity index (χ0n) is 13.1. The van der Waals surface area contributed by atoms with Crippen molar-refractivity contribution in [2.75, 3.05) is 19.6 Å². The van der Waals surface area contributed by atoms with Gasteiger partial charge in [-0.25, -0.2) is 0 Å². The number of aliphatic imine (C=N–C) groups is 1. The molecule has 4 nitrogen and oxygen atoms in total. The summed E-state index contributed by atoms with van der Waals surface area (Å²) in [6.07, 6.45) is 5.60. The molecule has 0 aliphatic heterocycles. The first-order valence-corrected chi connectivity index (χ1v) is 7.83. The highest BCUT2D eigenvalue weighted by atomic mass is 15.2. The van der Waals surface area contributed by atoms with Gasteiger partial charge in [-0.2, -0.15) is 0 Å². The fourth-order valence-electron chi connectivity index (χ4n) is 2.15. The van der Waals surface area contributed by atoms with E-state index in [0.29, 0.717) is 0 Å². The maximum absolute atomic E-state index is 4.62. The van der Waals surface area contributed by atoms with Crippen LogP contribution in [0.1, 0.15) is 18.1 Å². The lowest BCUT2D eigenvalue weighted by molar-refractivity contribution is 0.795. The largest absolute Gasteiger partial charge is 0.357 e. The summed E-state index contributed by atoms with van der Waals surface area (Å²) in [4.78, 5) is 8.75. The van der Waals surface area contributed by atoms with E-state index in [-0.39, 0.29) is 0 Å². The van der Waals surface area contributed by atoms with Gasteiger partial charge < -0.3 is 10.6 Å². The summed E-state index contributed by atoms with van der Waals surface area (Å²) in [5.74, 6) is 0.877. The van der Waals surface area contributed by atoms with Gasteiger partial charge in [0.05, 0.1) is 0 Å². The smallest absolute Gasteiger partial charge is 0.191 e. The molecule has 0 unspecified atom stereocenters. The summed E-state index contributed by atoms with van der Waals surface area (Å²) < 4.78 is 0. The lowest BCUT2D eigenvalue weighted by atomic mass is 10.2. The minimum absolute atomic E-state index is 0.784. The van der Waals surface area contributed by atoms with Crippen LogP contribution in [0.25, 0.3) is 0 Å². The predicted molar refractivity (Wildman–Crippen MR) is 92.1 cm³/mol. The number of nitrogens with zero attached hydrogens (tertiary/aromatic N) is 2. The summed E-state index contributed by atoms with van der Waals surface area (Å²) in [6.45, 7) is 4.58. The van der Waals surface area contributed by atoms with Crippen LogP contribution in [-0.2, 0) is 12.8 Å². The van der Waals surface area contributed by atoms with Crippen molar-refractivity contribution >= 4 is 5.96 Å². The maximum atomic E-state index is 4.62. The highest BCUT2D eigenvalue weighted by Crippen LogP contribution is 1.99. The summed E-state index contributed by atoms with van der Waals surface area (Å²) in [5, 5.41) is 6.64. The fraction of sp³-hybridized carbons (Fsp3) is 0.333. The molecule has 1 heterocycles. The second-order valence-electron chi connectivity index (χ2n) is 5.03. The van der Waals surface area contributed by atoms with Crippen LogP contribution < -0.4 is 10.6 Å². The van der Waals surface area contributed by atoms with Gasteiger partial charge in [0.1, 0.15) is 0 Å². The quantitative estimate of drug-likeness (QED) is 0.609. The molecule has 22 heavy (non-hydrogen) atoms. The molecule has 0 saturated carbocycles. The van der Waals surface area contributed by atoms with Crippen LogP contribution >= 0.6 is 0 Å². The molecular formula is C18H24N4. The number of guanidine groups is 1. The van der Waals surface area contributed by atoms with Crippen molar-refractivity contribution in [3.8, 4) is 0 Å². The summed E-state index contributed by atoms with van der Waals surface area (Å²) in [7, 11) is 0. The average Bonchev–Trinajstić information content (AvgIpc) is 2.57. The first-order valence-electron chi connectivity index (χ1n) is 7.83. The maximum Gasteiger partial charge on any atom is 0.191 e. The Morgan fingerprint density at radius 1 is 1.00 bits per heavy atom. The second-order valence-corrected chi connectivity index (χ2v) is 5.03. The zero-order chi connectivity index (χ0) is 15.5. The van der Waals surface area contributed by atoms with Crippen molar-refractivity contribution in [1.82, 2.24) is 15.6 Å². The highest BCUT2D eigenvalue weighted by molar-refractivity contribution is 5.79. The van der Waals surface area contributed by atoms with Gasteiger partial charge in [-0.1, -0.05) is 36.4 Å². The molecule has 0 saturated heterocycles. The minimum Gasteiger partial charge on any atom is -0.357 e. The van der Waals surface area contributed by atoms with Gasteiger partial charge in [0.2, 0.25) is 0 Å². The normalized spacial score (nSPS) is 11.2. The Hall–Kier alpha value is -2.36. The van der Waals surface area contributed by atoms with Gasteiger partial charge in [-0.3, -0.25) is 9.98 Å². The summed E-state index contributed by atoms with van der Waals surface area (Å²) >= 11 is 0. The third-order valence-electron chi connectivity index (χ3n) is 3.29. The minimum atomic E-state index is 0.784. The number of pyridine rings is 1. The van der Waals surface area contributed by atoms with E-state index < -0.39 is 0 Å². The van der Waals surface area contributed by atoms with Crippen molar-refractivity contribution in [3.63, 3.8) is 0 Å². The van der Waals surface area contributed by atoms with Crippen molar-refractivity contribution in [3.05, 3.63) is 66.0 Å². The van der Waals surface area contributed by atoms with Gasteiger partial charge in [0.25, 0.3) is 0 Å². The molecule has 2 aromatic rings. The van der Waals surface area contributed by atoms with Crippen LogP contribution in [0.4, 0.5) is 0 Å². The topological polar surface area (TPSA) is 49.3 Å². The van der Waals surface area contributed by atoms with Crippen LogP contribution in [0.3, 0.4) is 0 Å². The molecule has 116 valence electrons. The van der Waals surface area contributed by atoms with E-state index >= 15 is 0 Å². The van der Waals surface area contributed by atoms with Crippen LogP contribution in [0.15, 0.2) is 59.9 Å². The molecule has 0 aliphatic rings. The van der Waals surface area contributed by atoms with Crippen LogP contribution in [0.5, 0.6) is 0 Å². The first kappa shape index (κ1) is 16.0. The SMILES string of the molecule is CCNC(=NCCc1ccccc1)NCCc1cccnc1.